The lowest BCUT2D eigenvalue weighted by Crippen LogP contribution is -2.37. The minimum absolute atomic E-state index is 0.00124. The Morgan fingerprint density at radius 1 is 0.484 bits per heavy atom. The predicted octanol–water partition coefficient (Wildman–Crippen LogP) is 14.0. The number of unbranched alkanes of at least 4 members (excludes halogenated alkanes) is 2. The maximum absolute atomic E-state index is 12.7. The summed E-state index contributed by atoms with van der Waals surface area (Å²) in [5.74, 6) is -0.965. The molecule has 0 aliphatic heterocycles. The van der Waals surface area contributed by atoms with E-state index in [1.807, 2.05) is 33.3 Å². The predicted molar refractivity (Wildman–Crippen MR) is 270 cm³/mol. The molecule has 0 heterocycles. The molecule has 0 fully saturated rings. The summed E-state index contributed by atoms with van der Waals surface area (Å²) in [5, 5.41) is 0. The molecule has 0 aromatic carbocycles. The van der Waals surface area contributed by atoms with Crippen molar-refractivity contribution in [2.24, 2.45) is 0 Å². The van der Waals surface area contributed by atoms with E-state index in [4.69, 9.17) is 18.5 Å². The first kappa shape index (κ1) is 59.9. The zero-order valence-corrected chi connectivity index (χ0v) is 41.1. The molecule has 0 aromatic rings. The molecule has 1 unspecified atom stereocenters. The maximum Gasteiger partial charge on any atom is 0.472 e. The van der Waals surface area contributed by atoms with Crippen LogP contribution in [0.2, 0.25) is 0 Å². The van der Waals surface area contributed by atoms with Crippen LogP contribution in [0.5, 0.6) is 0 Å². The summed E-state index contributed by atoms with van der Waals surface area (Å²) < 4.78 is 34.2. The summed E-state index contributed by atoms with van der Waals surface area (Å²) in [5.41, 5.74) is 0. The standard InChI is InChI=1S/C54H84NO8P/c1-6-8-10-12-14-16-18-20-22-24-26-27-29-30-32-34-36-38-40-42-44-46-53(56)60-50-52(51-62-64(58,59)61-49-48-55(3,4)5)63-54(57)47-45-43-41-39-37-35-33-31-28-25-23-21-19-17-15-13-11-9-7-2/h8-11,14-17,20-23,26-28,30-32,35-38,41,43,52H,6-7,12-13,18-19,24-25,29,33-34,39-40,42,44-51H2,1-5H3/p+1/b10-8-,11-9-,16-14-,17-15-,22-20-,23-21-,27-26-,31-28-,32-30-,37-35-,38-36-,43-41-/t52-/m1/s1. The number of quaternary nitrogens is 1. The molecule has 10 heteroatoms. The van der Waals surface area contributed by atoms with Gasteiger partial charge in [-0.15, -0.1) is 0 Å². The number of allylic oxidation sites excluding steroid dienone is 24. The second kappa shape index (κ2) is 44.1. The quantitative estimate of drug-likeness (QED) is 0.0213. The van der Waals surface area contributed by atoms with Crippen LogP contribution >= 0.6 is 7.82 Å². The number of carbonyl (C=O) groups excluding carboxylic acids is 2. The number of likely N-dealkylation sites (N-methyl/N-ethyl adjacent to an activating group) is 1. The Kier molecular flexibility index (Phi) is 41.3. The van der Waals surface area contributed by atoms with Gasteiger partial charge >= 0.3 is 19.8 Å². The van der Waals surface area contributed by atoms with Gasteiger partial charge in [0.05, 0.1) is 27.7 Å². The summed E-state index contributed by atoms with van der Waals surface area (Å²) in [6.07, 6.45) is 64.9. The molecular formula is C54H85NO8P+. The summed E-state index contributed by atoms with van der Waals surface area (Å²) in [6, 6.07) is 0. The molecule has 1 N–H and O–H groups in total. The van der Waals surface area contributed by atoms with Gasteiger partial charge in [0.2, 0.25) is 0 Å². The van der Waals surface area contributed by atoms with E-state index in [1.165, 1.54) is 0 Å². The van der Waals surface area contributed by atoms with Gasteiger partial charge in [-0.05, 0) is 103 Å². The molecule has 0 spiro atoms. The van der Waals surface area contributed by atoms with Crippen molar-refractivity contribution in [3.05, 3.63) is 146 Å². The van der Waals surface area contributed by atoms with E-state index in [2.05, 4.69) is 148 Å². The first-order valence-electron chi connectivity index (χ1n) is 23.6. The number of rotatable bonds is 40. The van der Waals surface area contributed by atoms with Crippen LogP contribution < -0.4 is 0 Å². The lowest BCUT2D eigenvalue weighted by molar-refractivity contribution is -0.870. The number of nitrogens with zero attached hydrogens (tertiary/aromatic N) is 1. The van der Waals surface area contributed by atoms with Crippen molar-refractivity contribution in [3.8, 4) is 0 Å². The van der Waals surface area contributed by atoms with Crippen LogP contribution in [0.1, 0.15) is 129 Å². The molecule has 0 aliphatic rings. The smallest absolute Gasteiger partial charge is 0.462 e. The van der Waals surface area contributed by atoms with Gasteiger partial charge in [0.15, 0.2) is 6.10 Å². The van der Waals surface area contributed by atoms with Crippen LogP contribution in [0.3, 0.4) is 0 Å². The second-order valence-corrected chi connectivity index (χ2v) is 17.5. The highest BCUT2D eigenvalue weighted by Crippen LogP contribution is 2.43. The number of hydrogen-bond donors (Lipinski definition) is 1. The van der Waals surface area contributed by atoms with E-state index in [1.54, 1.807) is 0 Å². The van der Waals surface area contributed by atoms with Gasteiger partial charge in [0.25, 0.3) is 0 Å². The molecule has 0 saturated heterocycles. The summed E-state index contributed by atoms with van der Waals surface area (Å²) in [7, 11) is 1.38. The van der Waals surface area contributed by atoms with Crippen molar-refractivity contribution in [2.45, 2.75) is 136 Å². The molecule has 358 valence electrons. The lowest BCUT2D eigenvalue weighted by Gasteiger charge is -2.24. The monoisotopic (exact) mass is 907 g/mol. The fourth-order valence-corrected chi connectivity index (χ4v) is 6.02. The summed E-state index contributed by atoms with van der Waals surface area (Å²) in [4.78, 5) is 35.4. The number of carbonyl (C=O) groups is 2. The van der Waals surface area contributed by atoms with Crippen molar-refractivity contribution in [3.63, 3.8) is 0 Å². The van der Waals surface area contributed by atoms with Gasteiger partial charge < -0.3 is 18.9 Å². The number of phosphoric acid groups is 1. The largest absolute Gasteiger partial charge is 0.472 e. The SMILES string of the molecule is CC/C=C\C/C=C\C/C=C\C/C=C\C/C=C\C/C=C\CCCCC(=O)OC[C@H](COP(=O)(O)OCC[N+](C)(C)C)OC(=O)CC/C=C\C/C=C\C/C=C\C/C=C\C/C=C\C/C=C\CC. The van der Waals surface area contributed by atoms with Gasteiger partial charge in [-0.1, -0.05) is 160 Å². The number of esters is 2. The van der Waals surface area contributed by atoms with E-state index in [-0.39, 0.29) is 26.1 Å². The van der Waals surface area contributed by atoms with E-state index in [9.17, 15) is 19.0 Å². The molecule has 2 atom stereocenters. The van der Waals surface area contributed by atoms with Crippen molar-refractivity contribution in [2.75, 3.05) is 47.5 Å². The first-order chi connectivity index (χ1) is 31.0. The Balaban J connectivity index is 4.56. The molecule has 9 nitrogen and oxygen atoms in total. The van der Waals surface area contributed by atoms with E-state index >= 15 is 0 Å². The van der Waals surface area contributed by atoms with Crippen LogP contribution in [-0.2, 0) is 32.7 Å². The average Bonchev–Trinajstić information content (AvgIpc) is 3.25. The Hall–Kier alpha value is -4.11. The fourth-order valence-electron chi connectivity index (χ4n) is 5.28. The van der Waals surface area contributed by atoms with Crippen LogP contribution in [-0.4, -0.2) is 74.9 Å². The molecule has 0 radical (unpaired) electrons. The third-order valence-electron chi connectivity index (χ3n) is 8.88. The van der Waals surface area contributed by atoms with Crippen molar-refractivity contribution in [1.29, 1.82) is 0 Å². The molecule has 0 bridgehead atoms. The lowest BCUT2D eigenvalue weighted by atomic mass is 10.2. The Labute approximate surface area is 389 Å². The second-order valence-electron chi connectivity index (χ2n) is 16.0. The Morgan fingerprint density at radius 2 is 0.859 bits per heavy atom. The minimum atomic E-state index is -4.42. The Bertz CT molecular complexity index is 1590. The molecular weight excluding hydrogens is 822 g/mol. The van der Waals surface area contributed by atoms with E-state index in [0.29, 0.717) is 23.9 Å². The van der Waals surface area contributed by atoms with Crippen LogP contribution in [0.4, 0.5) is 0 Å². The molecule has 0 aromatic heterocycles. The van der Waals surface area contributed by atoms with Crippen LogP contribution in [0, 0.1) is 0 Å². The van der Waals surface area contributed by atoms with Crippen LogP contribution in [0.15, 0.2) is 146 Å². The molecule has 0 amide bonds. The third kappa shape index (κ3) is 47.4. The van der Waals surface area contributed by atoms with E-state index in [0.717, 1.165) is 89.9 Å². The minimum Gasteiger partial charge on any atom is -0.462 e. The number of ether oxygens (including phenoxy) is 2. The van der Waals surface area contributed by atoms with Crippen molar-refractivity contribution >= 4 is 19.8 Å². The third-order valence-corrected chi connectivity index (χ3v) is 9.86. The van der Waals surface area contributed by atoms with Gasteiger partial charge in [0, 0.05) is 12.8 Å². The zero-order chi connectivity index (χ0) is 47.1. The molecule has 64 heavy (non-hydrogen) atoms. The number of phosphoric ester groups is 1. The highest BCUT2D eigenvalue weighted by molar-refractivity contribution is 7.47. The Morgan fingerprint density at radius 3 is 1.25 bits per heavy atom. The highest BCUT2D eigenvalue weighted by Gasteiger charge is 2.27. The highest BCUT2D eigenvalue weighted by atomic mass is 31.2. The van der Waals surface area contributed by atoms with Gasteiger partial charge in [-0.3, -0.25) is 18.6 Å². The fraction of sp³-hybridized carbons (Fsp3) is 0.519. The average molecular weight is 907 g/mol. The topological polar surface area (TPSA) is 108 Å². The first-order valence-corrected chi connectivity index (χ1v) is 25.1. The summed E-state index contributed by atoms with van der Waals surface area (Å²) in [6.45, 7) is 4.01. The molecule has 0 rings (SSSR count). The van der Waals surface area contributed by atoms with Crippen molar-refractivity contribution < 1.29 is 42.1 Å². The van der Waals surface area contributed by atoms with Crippen LogP contribution in [0.25, 0.3) is 0 Å². The number of hydrogen-bond acceptors (Lipinski definition) is 7. The maximum atomic E-state index is 12.7. The normalized spacial score (nSPS) is 14.8. The van der Waals surface area contributed by atoms with E-state index < -0.39 is 32.5 Å². The van der Waals surface area contributed by atoms with Gasteiger partial charge in [0.1, 0.15) is 19.8 Å². The molecule has 0 aliphatic carbocycles. The van der Waals surface area contributed by atoms with Gasteiger partial charge in [-0.25, -0.2) is 4.57 Å². The van der Waals surface area contributed by atoms with Crippen molar-refractivity contribution in [1.82, 2.24) is 0 Å². The van der Waals surface area contributed by atoms with Gasteiger partial charge in [-0.2, -0.15) is 0 Å². The summed E-state index contributed by atoms with van der Waals surface area (Å²) >= 11 is 0. The zero-order valence-electron chi connectivity index (χ0n) is 40.2. The molecule has 0 saturated carbocycles.